The number of nitrogen functional groups attached to an aromatic ring is 1. The second-order valence-corrected chi connectivity index (χ2v) is 4.59. The Morgan fingerprint density at radius 1 is 1.00 bits per heavy atom. The molecule has 0 bridgehead atoms. The van der Waals surface area contributed by atoms with Crippen molar-refractivity contribution in [2.45, 2.75) is 6.54 Å². The van der Waals surface area contributed by atoms with Crippen LogP contribution in [0.25, 0.3) is 11.3 Å². The number of anilines is 2. The highest BCUT2D eigenvalue weighted by atomic mass is 15.0. The normalized spacial score (nSPS) is 10.3. The lowest BCUT2D eigenvalue weighted by Gasteiger charge is -2.10. The van der Waals surface area contributed by atoms with Crippen LogP contribution in [0, 0.1) is 0 Å². The van der Waals surface area contributed by atoms with E-state index in [0.717, 1.165) is 22.6 Å². The minimum atomic E-state index is 0.641. The lowest BCUT2D eigenvalue weighted by molar-refractivity contribution is 1.07. The molecule has 5 heteroatoms. The largest absolute Gasteiger partial charge is 0.399 e. The molecule has 0 amide bonds. The summed E-state index contributed by atoms with van der Waals surface area (Å²) in [6, 6.07) is 11.5. The molecule has 3 N–H and O–H groups in total. The van der Waals surface area contributed by atoms with E-state index < -0.39 is 0 Å². The fourth-order valence-corrected chi connectivity index (χ4v) is 2.05. The standard InChI is InChI=1S/C16H15N5/c17-14-5-1-4-13(9-14)15-16(20-8-7-19-15)21-11-12-3-2-6-18-10-12/h1-10H,11,17H2,(H,20,21). The molecular formula is C16H15N5. The Bertz CT molecular complexity index is 727. The van der Waals surface area contributed by atoms with Gasteiger partial charge in [0.15, 0.2) is 5.82 Å². The Balaban J connectivity index is 1.86. The lowest BCUT2D eigenvalue weighted by atomic mass is 10.1. The highest BCUT2D eigenvalue weighted by Crippen LogP contribution is 2.25. The molecule has 0 aliphatic carbocycles. The number of aromatic nitrogens is 3. The molecule has 1 aromatic carbocycles. The summed E-state index contributed by atoms with van der Waals surface area (Å²) in [6.07, 6.45) is 6.92. The van der Waals surface area contributed by atoms with E-state index in [9.17, 15) is 0 Å². The summed E-state index contributed by atoms with van der Waals surface area (Å²) in [6.45, 7) is 0.641. The molecule has 0 spiro atoms. The molecule has 2 aromatic heterocycles. The van der Waals surface area contributed by atoms with E-state index >= 15 is 0 Å². The van der Waals surface area contributed by atoms with Crippen molar-refractivity contribution in [2.75, 3.05) is 11.1 Å². The summed E-state index contributed by atoms with van der Waals surface area (Å²) in [4.78, 5) is 12.9. The quantitative estimate of drug-likeness (QED) is 0.717. The van der Waals surface area contributed by atoms with Crippen molar-refractivity contribution in [3.63, 3.8) is 0 Å². The maximum atomic E-state index is 5.83. The van der Waals surface area contributed by atoms with Crippen molar-refractivity contribution in [3.05, 3.63) is 66.7 Å². The van der Waals surface area contributed by atoms with Crippen LogP contribution in [0.4, 0.5) is 11.5 Å². The third-order valence-electron chi connectivity index (χ3n) is 3.04. The summed E-state index contributed by atoms with van der Waals surface area (Å²) < 4.78 is 0. The summed E-state index contributed by atoms with van der Waals surface area (Å²) in [5, 5.41) is 3.29. The third kappa shape index (κ3) is 3.14. The monoisotopic (exact) mass is 277 g/mol. The van der Waals surface area contributed by atoms with Gasteiger partial charge in [-0.2, -0.15) is 0 Å². The maximum Gasteiger partial charge on any atom is 0.152 e. The molecule has 0 radical (unpaired) electrons. The van der Waals surface area contributed by atoms with E-state index in [1.165, 1.54) is 0 Å². The number of nitrogens with one attached hydrogen (secondary N) is 1. The first-order valence-corrected chi connectivity index (χ1v) is 6.62. The Morgan fingerprint density at radius 2 is 1.90 bits per heavy atom. The van der Waals surface area contributed by atoms with Gasteiger partial charge in [0, 0.05) is 42.6 Å². The Hall–Kier alpha value is -2.95. The van der Waals surface area contributed by atoms with Crippen LogP contribution >= 0.6 is 0 Å². The summed E-state index contributed by atoms with van der Waals surface area (Å²) in [7, 11) is 0. The van der Waals surface area contributed by atoms with Gasteiger partial charge in [-0.05, 0) is 23.8 Å². The van der Waals surface area contributed by atoms with Gasteiger partial charge < -0.3 is 11.1 Å². The Kier molecular flexibility index (Phi) is 3.73. The van der Waals surface area contributed by atoms with Crippen molar-refractivity contribution in [1.29, 1.82) is 0 Å². The molecule has 0 atom stereocenters. The van der Waals surface area contributed by atoms with Crippen molar-refractivity contribution in [2.24, 2.45) is 0 Å². The summed E-state index contributed by atoms with van der Waals surface area (Å²) in [5.74, 6) is 0.729. The lowest BCUT2D eigenvalue weighted by Crippen LogP contribution is -2.04. The van der Waals surface area contributed by atoms with E-state index in [4.69, 9.17) is 5.73 Å². The van der Waals surface area contributed by atoms with Gasteiger partial charge in [0.2, 0.25) is 0 Å². The number of nitrogens with two attached hydrogens (primary N) is 1. The third-order valence-corrected chi connectivity index (χ3v) is 3.04. The van der Waals surface area contributed by atoms with Gasteiger partial charge in [0.25, 0.3) is 0 Å². The first kappa shape index (κ1) is 13.1. The van der Waals surface area contributed by atoms with Crippen LogP contribution in [0.3, 0.4) is 0 Å². The number of pyridine rings is 1. The molecule has 2 heterocycles. The zero-order valence-corrected chi connectivity index (χ0v) is 11.4. The fraction of sp³-hybridized carbons (Fsp3) is 0.0625. The van der Waals surface area contributed by atoms with Crippen molar-refractivity contribution in [3.8, 4) is 11.3 Å². The highest BCUT2D eigenvalue weighted by Gasteiger charge is 2.07. The van der Waals surface area contributed by atoms with Gasteiger partial charge >= 0.3 is 0 Å². The number of nitrogens with zero attached hydrogens (tertiary/aromatic N) is 3. The van der Waals surface area contributed by atoms with Crippen molar-refractivity contribution in [1.82, 2.24) is 15.0 Å². The fourth-order valence-electron chi connectivity index (χ4n) is 2.05. The minimum Gasteiger partial charge on any atom is -0.399 e. The van der Waals surface area contributed by atoms with Gasteiger partial charge in [-0.3, -0.25) is 9.97 Å². The molecular weight excluding hydrogens is 262 g/mol. The number of rotatable bonds is 4. The first-order chi connectivity index (χ1) is 10.3. The van der Waals surface area contributed by atoms with Crippen molar-refractivity contribution < 1.29 is 0 Å². The van der Waals surface area contributed by atoms with Gasteiger partial charge in [-0.25, -0.2) is 4.98 Å². The predicted molar refractivity (Wildman–Crippen MR) is 83.4 cm³/mol. The number of benzene rings is 1. The minimum absolute atomic E-state index is 0.641. The topological polar surface area (TPSA) is 76.7 Å². The molecule has 104 valence electrons. The zero-order chi connectivity index (χ0) is 14.5. The van der Waals surface area contributed by atoms with E-state index in [-0.39, 0.29) is 0 Å². The van der Waals surface area contributed by atoms with Gasteiger partial charge in [-0.15, -0.1) is 0 Å². The smallest absolute Gasteiger partial charge is 0.152 e. The zero-order valence-electron chi connectivity index (χ0n) is 11.4. The van der Waals surface area contributed by atoms with E-state index in [2.05, 4.69) is 20.3 Å². The molecule has 3 aromatic rings. The molecule has 0 aliphatic rings. The molecule has 21 heavy (non-hydrogen) atoms. The summed E-state index contributed by atoms with van der Waals surface area (Å²) >= 11 is 0. The second kappa shape index (κ2) is 6.00. The second-order valence-electron chi connectivity index (χ2n) is 4.59. The van der Waals surface area contributed by atoms with Crippen LogP contribution in [0.1, 0.15) is 5.56 Å². The average molecular weight is 277 g/mol. The molecule has 0 saturated heterocycles. The first-order valence-electron chi connectivity index (χ1n) is 6.62. The molecule has 5 nitrogen and oxygen atoms in total. The summed E-state index contributed by atoms with van der Waals surface area (Å²) in [5.41, 5.74) is 9.35. The van der Waals surface area contributed by atoms with Crippen LogP contribution in [-0.4, -0.2) is 15.0 Å². The molecule has 0 fully saturated rings. The van der Waals surface area contributed by atoms with Crippen LogP contribution in [-0.2, 0) is 6.54 Å². The van der Waals surface area contributed by atoms with Gasteiger partial charge in [-0.1, -0.05) is 18.2 Å². The molecule has 0 unspecified atom stereocenters. The van der Waals surface area contributed by atoms with Crippen molar-refractivity contribution >= 4 is 11.5 Å². The van der Waals surface area contributed by atoms with Gasteiger partial charge in [0.05, 0.1) is 0 Å². The predicted octanol–water partition coefficient (Wildman–Crippen LogP) is 2.73. The number of hydrogen-bond acceptors (Lipinski definition) is 5. The molecule has 3 rings (SSSR count). The van der Waals surface area contributed by atoms with Crippen LogP contribution in [0.15, 0.2) is 61.2 Å². The van der Waals surface area contributed by atoms with E-state index in [0.29, 0.717) is 12.2 Å². The average Bonchev–Trinajstić information content (AvgIpc) is 2.54. The van der Waals surface area contributed by atoms with Crippen LogP contribution in [0.5, 0.6) is 0 Å². The van der Waals surface area contributed by atoms with Crippen LogP contribution in [0.2, 0.25) is 0 Å². The Labute approximate surface area is 122 Å². The van der Waals surface area contributed by atoms with E-state index in [1.807, 2.05) is 42.6 Å². The van der Waals surface area contributed by atoms with Crippen LogP contribution < -0.4 is 11.1 Å². The maximum absolute atomic E-state index is 5.83. The highest BCUT2D eigenvalue weighted by molar-refractivity contribution is 5.73. The van der Waals surface area contributed by atoms with E-state index in [1.54, 1.807) is 18.6 Å². The number of hydrogen-bond donors (Lipinski definition) is 2. The molecule has 0 aliphatic heterocycles. The SMILES string of the molecule is Nc1cccc(-c2nccnc2NCc2cccnc2)c1. The van der Waals surface area contributed by atoms with Gasteiger partial charge in [0.1, 0.15) is 5.69 Å². The molecule has 0 saturated carbocycles. The Morgan fingerprint density at radius 3 is 2.71 bits per heavy atom.